The highest BCUT2D eigenvalue weighted by molar-refractivity contribution is 6.29. The van der Waals surface area contributed by atoms with E-state index in [2.05, 4.69) is 15.1 Å². The van der Waals surface area contributed by atoms with Crippen molar-refractivity contribution >= 4 is 11.6 Å². The Hall–Kier alpha value is -1.42. The third kappa shape index (κ3) is 1.80. The zero-order chi connectivity index (χ0) is 11.9. The number of aromatic nitrogens is 4. The Morgan fingerprint density at radius 2 is 1.81 bits per heavy atom. The minimum absolute atomic E-state index is 0.438. The Morgan fingerprint density at radius 3 is 2.31 bits per heavy atom. The third-order valence-electron chi connectivity index (χ3n) is 2.66. The van der Waals surface area contributed by atoms with E-state index in [0.717, 1.165) is 11.4 Å². The van der Waals surface area contributed by atoms with Gasteiger partial charge in [0, 0.05) is 11.8 Å². The average molecular weight is 237 g/mol. The molecular formula is C11H13ClN4. The summed E-state index contributed by atoms with van der Waals surface area (Å²) in [5, 5.41) is 4.87. The summed E-state index contributed by atoms with van der Waals surface area (Å²) in [6.07, 6.45) is 0. The summed E-state index contributed by atoms with van der Waals surface area (Å²) in [5.41, 5.74) is 3.25. The van der Waals surface area contributed by atoms with Crippen LogP contribution in [0.15, 0.2) is 6.07 Å². The van der Waals surface area contributed by atoms with Gasteiger partial charge in [0.05, 0.1) is 5.69 Å². The fraction of sp³-hybridized carbons (Fsp3) is 0.364. The van der Waals surface area contributed by atoms with Crippen LogP contribution in [0, 0.1) is 27.7 Å². The standard InChI is InChI=1S/C11H13ClN4/c1-6-7(2)15-16(8(6)3)11-5-10(12)13-9(4)14-11/h5H,1-4H3. The molecule has 0 saturated carbocycles. The Labute approximate surface area is 99.3 Å². The first-order valence-corrected chi connectivity index (χ1v) is 5.41. The molecule has 0 bridgehead atoms. The van der Waals surface area contributed by atoms with Gasteiger partial charge in [-0.05, 0) is 33.3 Å². The number of halogens is 1. The lowest BCUT2D eigenvalue weighted by Crippen LogP contribution is -2.04. The maximum atomic E-state index is 5.91. The van der Waals surface area contributed by atoms with Crippen molar-refractivity contribution in [2.24, 2.45) is 0 Å². The van der Waals surface area contributed by atoms with Gasteiger partial charge in [-0.3, -0.25) is 0 Å². The molecule has 0 saturated heterocycles. The van der Waals surface area contributed by atoms with E-state index in [1.54, 1.807) is 10.7 Å². The van der Waals surface area contributed by atoms with Gasteiger partial charge < -0.3 is 0 Å². The van der Waals surface area contributed by atoms with Crippen molar-refractivity contribution in [3.05, 3.63) is 34.0 Å². The first-order chi connectivity index (χ1) is 7.49. The van der Waals surface area contributed by atoms with Crippen LogP contribution in [-0.4, -0.2) is 19.7 Å². The minimum atomic E-state index is 0.438. The highest BCUT2D eigenvalue weighted by Crippen LogP contribution is 2.17. The van der Waals surface area contributed by atoms with E-state index in [1.165, 1.54) is 5.56 Å². The monoisotopic (exact) mass is 236 g/mol. The third-order valence-corrected chi connectivity index (χ3v) is 2.86. The van der Waals surface area contributed by atoms with Gasteiger partial charge in [0.25, 0.3) is 0 Å². The summed E-state index contributed by atoms with van der Waals surface area (Å²) in [4.78, 5) is 8.36. The van der Waals surface area contributed by atoms with E-state index < -0.39 is 0 Å². The molecule has 0 amide bonds. The average Bonchev–Trinajstić information content (AvgIpc) is 2.44. The molecule has 2 heterocycles. The van der Waals surface area contributed by atoms with Crippen LogP contribution in [0.3, 0.4) is 0 Å². The molecule has 0 N–H and O–H groups in total. The van der Waals surface area contributed by atoms with E-state index in [4.69, 9.17) is 11.6 Å². The summed E-state index contributed by atoms with van der Waals surface area (Å²) in [6.45, 7) is 7.85. The van der Waals surface area contributed by atoms with Gasteiger partial charge >= 0.3 is 0 Å². The Morgan fingerprint density at radius 1 is 1.12 bits per heavy atom. The van der Waals surface area contributed by atoms with Gasteiger partial charge in [0.1, 0.15) is 11.0 Å². The van der Waals surface area contributed by atoms with Crippen LogP contribution >= 0.6 is 11.6 Å². The van der Waals surface area contributed by atoms with E-state index in [1.807, 2.05) is 27.7 Å². The zero-order valence-corrected chi connectivity index (χ0v) is 10.5. The van der Waals surface area contributed by atoms with Crippen molar-refractivity contribution < 1.29 is 0 Å². The molecule has 2 aromatic heterocycles. The molecule has 5 heteroatoms. The van der Waals surface area contributed by atoms with Crippen LogP contribution in [0.5, 0.6) is 0 Å². The normalized spacial score (nSPS) is 10.8. The lowest BCUT2D eigenvalue weighted by atomic mass is 10.2. The SMILES string of the molecule is Cc1nc(Cl)cc(-n2nc(C)c(C)c2C)n1. The largest absolute Gasteiger partial charge is 0.221 e. The molecule has 2 rings (SSSR count). The van der Waals surface area contributed by atoms with Crippen LogP contribution in [0.1, 0.15) is 22.8 Å². The molecule has 2 aromatic rings. The number of aryl methyl sites for hydroxylation is 2. The summed E-state index contributed by atoms with van der Waals surface area (Å²) in [5.74, 6) is 1.36. The summed E-state index contributed by atoms with van der Waals surface area (Å²) < 4.78 is 1.80. The topological polar surface area (TPSA) is 43.6 Å². The van der Waals surface area contributed by atoms with Gasteiger partial charge in [-0.1, -0.05) is 11.6 Å². The molecule has 0 aliphatic carbocycles. The quantitative estimate of drug-likeness (QED) is 0.715. The van der Waals surface area contributed by atoms with Crippen LogP contribution in [-0.2, 0) is 0 Å². The van der Waals surface area contributed by atoms with Crippen molar-refractivity contribution in [1.82, 2.24) is 19.7 Å². The van der Waals surface area contributed by atoms with Gasteiger partial charge in [-0.15, -0.1) is 0 Å². The van der Waals surface area contributed by atoms with Crippen LogP contribution in [0.2, 0.25) is 5.15 Å². The number of nitrogens with zero attached hydrogens (tertiary/aromatic N) is 4. The fourth-order valence-electron chi connectivity index (χ4n) is 1.57. The summed E-state index contributed by atoms with van der Waals surface area (Å²) >= 11 is 5.91. The number of hydrogen-bond donors (Lipinski definition) is 0. The molecule has 0 radical (unpaired) electrons. The van der Waals surface area contributed by atoms with E-state index in [-0.39, 0.29) is 0 Å². The predicted octanol–water partition coefficient (Wildman–Crippen LogP) is 2.55. The molecule has 0 aliphatic heterocycles. The molecule has 84 valence electrons. The van der Waals surface area contributed by atoms with Gasteiger partial charge in [-0.25, -0.2) is 14.6 Å². The van der Waals surface area contributed by atoms with E-state index >= 15 is 0 Å². The fourth-order valence-corrected chi connectivity index (χ4v) is 1.79. The maximum Gasteiger partial charge on any atom is 0.158 e. The van der Waals surface area contributed by atoms with Crippen LogP contribution < -0.4 is 0 Å². The first-order valence-electron chi connectivity index (χ1n) is 5.03. The van der Waals surface area contributed by atoms with Crippen molar-refractivity contribution in [2.45, 2.75) is 27.7 Å². The van der Waals surface area contributed by atoms with Crippen molar-refractivity contribution in [2.75, 3.05) is 0 Å². The predicted molar refractivity (Wildman–Crippen MR) is 63.1 cm³/mol. The Balaban J connectivity index is 2.62. The first kappa shape index (κ1) is 11.1. The summed E-state index contributed by atoms with van der Waals surface area (Å²) in [7, 11) is 0. The van der Waals surface area contributed by atoms with Crippen LogP contribution in [0.4, 0.5) is 0 Å². The summed E-state index contributed by atoms with van der Waals surface area (Å²) in [6, 6.07) is 1.72. The molecular weight excluding hydrogens is 224 g/mol. The molecule has 0 aromatic carbocycles. The molecule has 16 heavy (non-hydrogen) atoms. The Kier molecular flexibility index (Phi) is 2.68. The molecule has 4 nitrogen and oxygen atoms in total. The maximum absolute atomic E-state index is 5.91. The minimum Gasteiger partial charge on any atom is -0.221 e. The van der Waals surface area contributed by atoms with E-state index in [9.17, 15) is 0 Å². The van der Waals surface area contributed by atoms with Gasteiger partial charge in [-0.2, -0.15) is 5.10 Å². The van der Waals surface area contributed by atoms with E-state index in [0.29, 0.717) is 16.8 Å². The van der Waals surface area contributed by atoms with Crippen molar-refractivity contribution in [1.29, 1.82) is 0 Å². The zero-order valence-electron chi connectivity index (χ0n) is 9.74. The smallest absolute Gasteiger partial charge is 0.158 e. The highest BCUT2D eigenvalue weighted by atomic mass is 35.5. The second-order valence-corrected chi connectivity index (χ2v) is 4.19. The molecule has 0 fully saturated rings. The van der Waals surface area contributed by atoms with Gasteiger partial charge in [0.15, 0.2) is 5.82 Å². The second kappa shape index (κ2) is 3.87. The molecule has 0 unspecified atom stereocenters. The lowest BCUT2D eigenvalue weighted by molar-refractivity contribution is 0.792. The van der Waals surface area contributed by atoms with Crippen LogP contribution in [0.25, 0.3) is 5.82 Å². The van der Waals surface area contributed by atoms with Crippen molar-refractivity contribution in [3.8, 4) is 5.82 Å². The molecule has 0 atom stereocenters. The molecule has 0 aliphatic rings. The number of rotatable bonds is 1. The highest BCUT2D eigenvalue weighted by Gasteiger charge is 2.11. The number of hydrogen-bond acceptors (Lipinski definition) is 3. The van der Waals surface area contributed by atoms with Gasteiger partial charge in [0.2, 0.25) is 0 Å². The second-order valence-electron chi connectivity index (χ2n) is 3.80. The Bertz CT molecular complexity index is 525. The van der Waals surface area contributed by atoms with Crippen molar-refractivity contribution in [3.63, 3.8) is 0 Å². The lowest BCUT2D eigenvalue weighted by Gasteiger charge is -2.04. The molecule has 0 spiro atoms.